The highest BCUT2D eigenvalue weighted by Gasteiger charge is 2.18. The first kappa shape index (κ1) is 11.0. The van der Waals surface area contributed by atoms with Gasteiger partial charge >= 0.3 is 0 Å². The van der Waals surface area contributed by atoms with Gasteiger partial charge in [0.05, 0.1) is 18.2 Å². The van der Waals surface area contributed by atoms with Crippen LogP contribution < -0.4 is 0 Å². The summed E-state index contributed by atoms with van der Waals surface area (Å²) in [6.07, 6.45) is -2.80. The molecule has 0 aliphatic heterocycles. The van der Waals surface area contributed by atoms with Crippen LogP contribution >= 0.6 is 15.9 Å². The second-order valence-corrected chi connectivity index (χ2v) is 3.24. The van der Waals surface area contributed by atoms with Crippen LogP contribution in [0.3, 0.4) is 0 Å². The van der Waals surface area contributed by atoms with E-state index < -0.39 is 18.7 Å². The molecule has 1 heterocycles. The Morgan fingerprint density at radius 2 is 2.29 bits per heavy atom. The summed E-state index contributed by atoms with van der Waals surface area (Å²) in [6.45, 7) is -0.622. The van der Waals surface area contributed by atoms with Gasteiger partial charge in [0.15, 0.2) is 0 Å². The summed E-state index contributed by atoms with van der Waals surface area (Å²) in [6, 6.07) is 3.01. The molecule has 74 valence electrons. The average Bonchev–Trinajstić information content (AvgIpc) is 2.16. The molecule has 1 rings (SSSR count). The molecule has 0 saturated heterocycles. The van der Waals surface area contributed by atoms with Gasteiger partial charge in [-0.15, -0.1) is 0 Å². The van der Waals surface area contributed by atoms with E-state index in [1.165, 1.54) is 6.07 Å². The Bertz CT molecular complexity index is 390. The highest BCUT2D eigenvalue weighted by Crippen LogP contribution is 2.25. The first-order valence-electron chi connectivity index (χ1n) is 3.58. The van der Waals surface area contributed by atoms with Gasteiger partial charge in [-0.25, -0.2) is 13.8 Å². The van der Waals surface area contributed by atoms with E-state index in [0.29, 0.717) is 0 Å². The predicted molar refractivity (Wildman–Crippen MR) is 47.5 cm³/mol. The van der Waals surface area contributed by atoms with Crippen LogP contribution in [0.2, 0.25) is 0 Å². The molecule has 0 radical (unpaired) electrons. The van der Waals surface area contributed by atoms with Crippen LogP contribution in [0.1, 0.15) is 23.2 Å². The molecule has 0 aliphatic rings. The molecule has 0 amide bonds. The minimum Gasteiger partial charge on any atom is -0.392 e. The Balaban J connectivity index is 3.41. The molecule has 0 spiro atoms. The van der Waals surface area contributed by atoms with Gasteiger partial charge < -0.3 is 5.11 Å². The fourth-order valence-electron chi connectivity index (χ4n) is 1.01. The van der Waals surface area contributed by atoms with E-state index in [9.17, 15) is 8.78 Å². The lowest BCUT2D eigenvalue weighted by Crippen LogP contribution is -2.02. The number of nitrogens with zero attached hydrogens (tertiary/aromatic N) is 2. The van der Waals surface area contributed by atoms with Gasteiger partial charge in [-0.1, -0.05) is 0 Å². The van der Waals surface area contributed by atoms with Gasteiger partial charge in [0.2, 0.25) is 0 Å². The predicted octanol–water partition coefficient (Wildman–Crippen LogP) is 2.15. The molecule has 0 fully saturated rings. The SMILES string of the molecule is N#Cc1cc(Br)nc(C(F)F)c1CO. The second-order valence-electron chi connectivity index (χ2n) is 2.43. The maximum absolute atomic E-state index is 12.4. The van der Waals surface area contributed by atoms with Crippen molar-refractivity contribution in [2.24, 2.45) is 0 Å². The van der Waals surface area contributed by atoms with Crippen LogP contribution in [0.25, 0.3) is 0 Å². The summed E-state index contributed by atoms with van der Waals surface area (Å²) in [5, 5.41) is 17.5. The highest BCUT2D eigenvalue weighted by molar-refractivity contribution is 9.10. The van der Waals surface area contributed by atoms with Gasteiger partial charge in [-0.2, -0.15) is 5.26 Å². The fourth-order valence-corrected chi connectivity index (χ4v) is 1.43. The normalized spacial score (nSPS) is 10.3. The molecule has 1 aromatic heterocycles. The number of rotatable bonds is 2. The molecule has 1 N–H and O–H groups in total. The van der Waals surface area contributed by atoms with Gasteiger partial charge in [0.25, 0.3) is 6.43 Å². The maximum Gasteiger partial charge on any atom is 0.280 e. The van der Waals surface area contributed by atoms with Gasteiger partial charge in [0.1, 0.15) is 10.3 Å². The molecule has 0 unspecified atom stereocenters. The number of halogens is 3. The number of alkyl halides is 2. The van der Waals surface area contributed by atoms with Crippen molar-refractivity contribution in [3.63, 3.8) is 0 Å². The Hall–Kier alpha value is -1.06. The highest BCUT2D eigenvalue weighted by atomic mass is 79.9. The zero-order chi connectivity index (χ0) is 10.7. The van der Waals surface area contributed by atoms with Gasteiger partial charge in [-0.3, -0.25) is 0 Å². The number of aliphatic hydroxyl groups excluding tert-OH is 1. The van der Waals surface area contributed by atoms with Crippen LogP contribution in [0.15, 0.2) is 10.7 Å². The summed E-state index contributed by atoms with van der Waals surface area (Å²) in [7, 11) is 0. The summed E-state index contributed by atoms with van der Waals surface area (Å²) in [5.74, 6) is 0. The van der Waals surface area contributed by atoms with Gasteiger partial charge in [0, 0.05) is 5.56 Å². The monoisotopic (exact) mass is 262 g/mol. The molecule has 0 aliphatic carbocycles. The summed E-state index contributed by atoms with van der Waals surface area (Å²) >= 11 is 2.91. The maximum atomic E-state index is 12.4. The van der Waals surface area contributed by atoms with Crippen LogP contribution in [0, 0.1) is 11.3 Å². The molecule has 14 heavy (non-hydrogen) atoms. The van der Waals surface area contributed by atoms with Crippen LogP contribution in [-0.4, -0.2) is 10.1 Å². The smallest absolute Gasteiger partial charge is 0.280 e. The Labute approximate surface area is 87.1 Å². The van der Waals surface area contributed by atoms with Crippen molar-refractivity contribution in [1.29, 1.82) is 5.26 Å². The number of aromatic nitrogens is 1. The van der Waals surface area contributed by atoms with Crippen molar-refractivity contribution >= 4 is 15.9 Å². The molecule has 6 heteroatoms. The number of pyridine rings is 1. The molecule has 0 aromatic carbocycles. The lowest BCUT2D eigenvalue weighted by atomic mass is 10.1. The molecule has 0 bridgehead atoms. The summed E-state index contributed by atoms with van der Waals surface area (Å²) in [5.41, 5.74) is -0.672. The molecule has 0 saturated carbocycles. The zero-order valence-electron chi connectivity index (χ0n) is 6.84. The summed E-state index contributed by atoms with van der Waals surface area (Å²) < 4.78 is 25.0. The Kier molecular flexibility index (Phi) is 3.49. The zero-order valence-corrected chi connectivity index (χ0v) is 8.42. The average molecular weight is 263 g/mol. The van der Waals surface area contributed by atoms with E-state index in [4.69, 9.17) is 10.4 Å². The molecule has 3 nitrogen and oxygen atoms in total. The van der Waals surface area contributed by atoms with Crippen LogP contribution in [0.4, 0.5) is 8.78 Å². The van der Waals surface area contributed by atoms with Crippen molar-refractivity contribution in [2.75, 3.05) is 0 Å². The lowest BCUT2D eigenvalue weighted by molar-refractivity contribution is 0.141. The Morgan fingerprint density at radius 3 is 2.71 bits per heavy atom. The van der Waals surface area contributed by atoms with E-state index in [1.54, 1.807) is 6.07 Å². The molecular formula is C8H5BrF2N2O. The van der Waals surface area contributed by atoms with E-state index in [2.05, 4.69) is 20.9 Å². The quantitative estimate of drug-likeness (QED) is 0.831. The third kappa shape index (κ3) is 2.05. The minimum atomic E-state index is -2.80. The third-order valence-corrected chi connectivity index (χ3v) is 2.02. The lowest BCUT2D eigenvalue weighted by Gasteiger charge is -2.07. The molecule has 1 aromatic rings. The fraction of sp³-hybridized carbons (Fsp3) is 0.250. The van der Waals surface area contributed by atoms with E-state index >= 15 is 0 Å². The number of nitriles is 1. The second kappa shape index (κ2) is 4.44. The molecular weight excluding hydrogens is 258 g/mol. The number of aliphatic hydroxyl groups is 1. The summed E-state index contributed by atoms with van der Waals surface area (Å²) in [4.78, 5) is 3.51. The van der Waals surface area contributed by atoms with Crippen molar-refractivity contribution in [1.82, 2.24) is 4.98 Å². The number of hydrogen-bond donors (Lipinski definition) is 1. The van der Waals surface area contributed by atoms with E-state index in [1.807, 2.05) is 0 Å². The topological polar surface area (TPSA) is 56.9 Å². The van der Waals surface area contributed by atoms with Crippen molar-refractivity contribution in [2.45, 2.75) is 13.0 Å². The van der Waals surface area contributed by atoms with E-state index in [0.717, 1.165) is 0 Å². The first-order valence-corrected chi connectivity index (χ1v) is 4.38. The van der Waals surface area contributed by atoms with E-state index in [-0.39, 0.29) is 15.7 Å². The van der Waals surface area contributed by atoms with Crippen LogP contribution in [0.5, 0.6) is 0 Å². The van der Waals surface area contributed by atoms with Crippen LogP contribution in [-0.2, 0) is 6.61 Å². The van der Waals surface area contributed by atoms with Crippen molar-refractivity contribution in [3.05, 3.63) is 27.5 Å². The van der Waals surface area contributed by atoms with Gasteiger partial charge in [-0.05, 0) is 22.0 Å². The minimum absolute atomic E-state index is 0.00433. The van der Waals surface area contributed by atoms with Crippen molar-refractivity contribution < 1.29 is 13.9 Å². The third-order valence-electron chi connectivity index (χ3n) is 1.61. The first-order chi connectivity index (χ1) is 6.60. The Morgan fingerprint density at radius 1 is 1.64 bits per heavy atom. The standard InChI is InChI=1S/C8H5BrF2N2O/c9-6-1-4(2-12)5(3-14)7(13-6)8(10)11/h1,8,14H,3H2. The van der Waals surface area contributed by atoms with Crippen molar-refractivity contribution in [3.8, 4) is 6.07 Å². The molecule has 0 atom stereocenters. The largest absolute Gasteiger partial charge is 0.392 e. The number of hydrogen-bond acceptors (Lipinski definition) is 3.